The van der Waals surface area contributed by atoms with E-state index < -0.39 is 0 Å². The standard InChI is InChI=1S/C15H21NO2/c1-3-7-16-8-6-12-13-9-11(17-2)4-5-15(13)18-10-14(12)16/h4-5,9,12,14H,3,6-8,10H2,1-2H3. The van der Waals surface area contributed by atoms with Gasteiger partial charge in [0.05, 0.1) is 13.2 Å². The van der Waals surface area contributed by atoms with Gasteiger partial charge in [-0.15, -0.1) is 0 Å². The highest BCUT2D eigenvalue weighted by Gasteiger charge is 2.39. The van der Waals surface area contributed by atoms with Crippen LogP contribution in [0.1, 0.15) is 31.2 Å². The molecule has 2 aliphatic rings. The number of hydrogen-bond donors (Lipinski definition) is 0. The zero-order valence-corrected chi connectivity index (χ0v) is 11.2. The molecule has 3 nitrogen and oxygen atoms in total. The number of methoxy groups -OCH3 is 1. The lowest BCUT2D eigenvalue weighted by Gasteiger charge is -2.33. The van der Waals surface area contributed by atoms with E-state index in [4.69, 9.17) is 9.47 Å². The molecule has 0 saturated carbocycles. The van der Waals surface area contributed by atoms with Crippen LogP contribution in [0.2, 0.25) is 0 Å². The van der Waals surface area contributed by atoms with Crippen molar-refractivity contribution < 1.29 is 9.47 Å². The van der Waals surface area contributed by atoms with Gasteiger partial charge in [-0.1, -0.05) is 6.92 Å². The van der Waals surface area contributed by atoms with Crippen LogP contribution in [0.25, 0.3) is 0 Å². The van der Waals surface area contributed by atoms with Gasteiger partial charge in [0.25, 0.3) is 0 Å². The summed E-state index contributed by atoms with van der Waals surface area (Å²) in [5.41, 5.74) is 1.34. The topological polar surface area (TPSA) is 21.7 Å². The molecule has 0 radical (unpaired) electrons. The van der Waals surface area contributed by atoms with Crippen molar-refractivity contribution in [1.82, 2.24) is 4.90 Å². The molecule has 0 aromatic heterocycles. The van der Waals surface area contributed by atoms with Crippen LogP contribution in [0.4, 0.5) is 0 Å². The van der Waals surface area contributed by atoms with Gasteiger partial charge in [-0.25, -0.2) is 0 Å². The maximum Gasteiger partial charge on any atom is 0.123 e. The van der Waals surface area contributed by atoms with E-state index >= 15 is 0 Å². The van der Waals surface area contributed by atoms with Crippen molar-refractivity contribution in [3.8, 4) is 11.5 Å². The highest BCUT2D eigenvalue weighted by molar-refractivity contribution is 5.45. The highest BCUT2D eigenvalue weighted by Crippen LogP contribution is 2.43. The van der Waals surface area contributed by atoms with Gasteiger partial charge in [0.2, 0.25) is 0 Å². The molecule has 3 rings (SSSR count). The molecule has 0 N–H and O–H groups in total. The maximum atomic E-state index is 5.92. The molecular weight excluding hydrogens is 226 g/mol. The predicted molar refractivity (Wildman–Crippen MR) is 71.5 cm³/mol. The van der Waals surface area contributed by atoms with Crippen LogP contribution in [-0.4, -0.2) is 37.7 Å². The first-order chi connectivity index (χ1) is 8.83. The van der Waals surface area contributed by atoms with Crippen molar-refractivity contribution in [3.05, 3.63) is 23.8 Å². The molecule has 2 aliphatic heterocycles. The van der Waals surface area contributed by atoms with Crippen molar-refractivity contribution >= 4 is 0 Å². The lowest BCUT2D eigenvalue weighted by atomic mass is 9.89. The molecule has 2 heterocycles. The van der Waals surface area contributed by atoms with Crippen LogP contribution in [0.5, 0.6) is 11.5 Å². The SMILES string of the molecule is CCCN1CCC2c3cc(OC)ccc3OCC21. The molecule has 2 unspecified atom stereocenters. The minimum atomic E-state index is 0.560. The predicted octanol–water partition coefficient (Wildman–Crippen LogP) is 2.66. The van der Waals surface area contributed by atoms with Gasteiger partial charge in [-0.05, 0) is 44.1 Å². The largest absolute Gasteiger partial charge is 0.497 e. The summed E-state index contributed by atoms with van der Waals surface area (Å²) >= 11 is 0. The second kappa shape index (κ2) is 4.81. The Bertz CT molecular complexity index is 433. The zero-order valence-electron chi connectivity index (χ0n) is 11.2. The van der Waals surface area contributed by atoms with Crippen LogP contribution in [0, 0.1) is 0 Å². The quantitative estimate of drug-likeness (QED) is 0.819. The van der Waals surface area contributed by atoms with Gasteiger partial charge < -0.3 is 9.47 Å². The van der Waals surface area contributed by atoms with Crippen molar-refractivity contribution in [2.45, 2.75) is 31.7 Å². The second-order valence-electron chi connectivity index (χ2n) is 5.21. The van der Waals surface area contributed by atoms with Crippen LogP contribution in [0.15, 0.2) is 18.2 Å². The molecule has 0 aliphatic carbocycles. The average Bonchev–Trinajstić information content (AvgIpc) is 2.82. The molecule has 98 valence electrons. The van der Waals surface area contributed by atoms with E-state index in [9.17, 15) is 0 Å². The molecule has 1 saturated heterocycles. The van der Waals surface area contributed by atoms with Gasteiger partial charge in [-0.3, -0.25) is 4.90 Å². The summed E-state index contributed by atoms with van der Waals surface area (Å²) < 4.78 is 11.3. The van der Waals surface area contributed by atoms with Gasteiger partial charge in [-0.2, -0.15) is 0 Å². The minimum Gasteiger partial charge on any atom is -0.497 e. The number of likely N-dealkylation sites (tertiary alicyclic amines) is 1. The van der Waals surface area contributed by atoms with Crippen molar-refractivity contribution in [2.75, 3.05) is 26.8 Å². The van der Waals surface area contributed by atoms with E-state index in [1.54, 1.807) is 7.11 Å². The molecule has 2 atom stereocenters. The summed E-state index contributed by atoms with van der Waals surface area (Å²) in [5, 5.41) is 0. The van der Waals surface area contributed by atoms with Gasteiger partial charge in [0, 0.05) is 11.5 Å². The summed E-state index contributed by atoms with van der Waals surface area (Å²) in [4.78, 5) is 2.58. The molecule has 18 heavy (non-hydrogen) atoms. The molecular formula is C15H21NO2. The maximum absolute atomic E-state index is 5.92. The van der Waals surface area contributed by atoms with Crippen LogP contribution in [-0.2, 0) is 0 Å². The van der Waals surface area contributed by atoms with Gasteiger partial charge >= 0.3 is 0 Å². The van der Waals surface area contributed by atoms with Crippen molar-refractivity contribution in [3.63, 3.8) is 0 Å². The summed E-state index contributed by atoms with van der Waals surface area (Å²) in [7, 11) is 1.72. The second-order valence-corrected chi connectivity index (χ2v) is 5.21. The lowest BCUT2D eigenvalue weighted by Crippen LogP contribution is -2.39. The van der Waals surface area contributed by atoms with Crippen molar-refractivity contribution in [2.24, 2.45) is 0 Å². The molecule has 1 fully saturated rings. The molecule has 0 spiro atoms. The van der Waals surface area contributed by atoms with E-state index in [0.717, 1.165) is 18.1 Å². The van der Waals surface area contributed by atoms with E-state index in [1.165, 1.54) is 31.5 Å². The fourth-order valence-electron chi connectivity index (χ4n) is 3.32. The summed E-state index contributed by atoms with van der Waals surface area (Å²) in [6, 6.07) is 6.75. The molecule has 0 amide bonds. The van der Waals surface area contributed by atoms with E-state index in [-0.39, 0.29) is 0 Å². The fraction of sp³-hybridized carbons (Fsp3) is 0.600. The summed E-state index contributed by atoms with van der Waals surface area (Å²) in [6.07, 6.45) is 2.46. The number of ether oxygens (including phenoxy) is 2. The third kappa shape index (κ3) is 1.87. The van der Waals surface area contributed by atoms with E-state index in [1.807, 2.05) is 12.1 Å². The Hall–Kier alpha value is -1.22. The Morgan fingerprint density at radius 1 is 1.44 bits per heavy atom. The van der Waals surface area contributed by atoms with Crippen LogP contribution >= 0.6 is 0 Å². The van der Waals surface area contributed by atoms with Gasteiger partial charge in [0.15, 0.2) is 0 Å². The van der Waals surface area contributed by atoms with Crippen molar-refractivity contribution in [1.29, 1.82) is 0 Å². The van der Waals surface area contributed by atoms with Crippen LogP contribution < -0.4 is 9.47 Å². The third-order valence-corrected chi connectivity index (χ3v) is 4.20. The first kappa shape index (κ1) is 11.8. The zero-order chi connectivity index (χ0) is 12.5. The Morgan fingerprint density at radius 3 is 3.11 bits per heavy atom. The Labute approximate surface area is 109 Å². The van der Waals surface area contributed by atoms with Gasteiger partial charge in [0.1, 0.15) is 18.1 Å². The van der Waals surface area contributed by atoms with E-state index in [0.29, 0.717) is 12.0 Å². The number of hydrogen-bond acceptors (Lipinski definition) is 3. The fourth-order valence-corrected chi connectivity index (χ4v) is 3.32. The number of nitrogens with zero attached hydrogens (tertiary/aromatic N) is 1. The normalized spacial score (nSPS) is 26.3. The first-order valence-electron chi connectivity index (χ1n) is 6.88. The van der Waals surface area contributed by atoms with E-state index in [2.05, 4.69) is 17.9 Å². The Kier molecular flexibility index (Phi) is 3.16. The molecule has 3 heteroatoms. The number of benzene rings is 1. The highest BCUT2D eigenvalue weighted by atomic mass is 16.5. The number of rotatable bonds is 3. The average molecular weight is 247 g/mol. The van der Waals surface area contributed by atoms with Crippen LogP contribution in [0.3, 0.4) is 0 Å². The molecule has 0 bridgehead atoms. The molecule has 1 aromatic rings. The monoisotopic (exact) mass is 247 g/mol. The minimum absolute atomic E-state index is 0.560. The smallest absolute Gasteiger partial charge is 0.123 e. The Morgan fingerprint density at radius 2 is 2.33 bits per heavy atom. The number of fused-ring (bicyclic) bond motifs is 3. The first-order valence-corrected chi connectivity index (χ1v) is 6.88. The molecule has 1 aromatic carbocycles. The summed E-state index contributed by atoms with van der Waals surface area (Å²) in [5.74, 6) is 2.61. The Balaban J connectivity index is 1.89. The summed E-state index contributed by atoms with van der Waals surface area (Å²) in [6.45, 7) is 5.46. The third-order valence-electron chi connectivity index (χ3n) is 4.20. The lowest BCUT2D eigenvalue weighted by molar-refractivity contribution is 0.147.